The van der Waals surface area contributed by atoms with Crippen LogP contribution in [0, 0.1) is 0 Å². The monoisotopic (exact) mass is 498 g/mol. The minimum Gasteiger partial charge on any atom is -0.132 e. The maximum atomic E-state index is 3.78. The molecule has 5 aromatic rings. The summed E-state index contributed by atoms with van der Waals surface area (Å²) in [4.78, 5) is 1.58. The maximum Gasteiger partial charge on any atom is 0.0908 e. The summed E-state index contributed by atoms with van der Waals surface area (Å²) in [5.41, 5.74) is 0. The van der Waals surface area contributed by atoms with Crippen molar-refractivity contribution in [1.82, 2.24) is 0 Å². The van der Waals surface area contributed by atoms with Crippen LogP contribution in [-0.2, 0) is 6.42 Å². The molecule has 0 atom stereocenters. The number of hydrogen-bond donors (Lipinski definition) is 0. The second-order valence-corrected chi connectivity index (χ2v) is 13.8. The van der Waals surface area contributed by atoms with Crippen LogP contribution in [0.4, 0.5) is 0 Å². The summed E-state index contributed by atoms with van der Waals surface area (Å²) in [5.74, 6) is 0. The van der Waals surface area contributed by atoms with Crippen LogP contribution in [0.3, 0.4) is 0 Å². The summed E-state index contributed by atoms with van der Waals surface area (Å²) >= 11 is 13.7. The van der Waals surface area contributed by atoms with Crippen molar-refractivity contribution < 1.29 is 0 Å². The molecule has 0 bridgehead atoms. The molecule has 0 unspecified atom stereocenters. The predicted octanol–water partition coefficient (Wildman–Crippen LogP) is 10.3. The number of hydrogen-bond acceptors (Lipinski definition) is 5. The van der Waals surface area contributed by atoms with Gasteiger partial charge in [0.2, 0.25) is 0 Å². The molecule has 0 aliphatic rings. The van der Waals surface area contributed by atoms with E-state index in [4.69, 9.17) is 0 Å². The van der Waals surface area contributed by atoms with Crippen molar-refractivity contribution >= 4 is 110 Å². The van der Waals surface area contributed by atoms with Crippen molar-refractivity contribution in [2.45, 2.75) is 51.9 Å². The van der Waals surface area contributed by atoms with Crippen molar-refractivity contribution in [2.75, 3.05) is 0 Å². The van der Waals surface area contributed by atoms with Gasteiger partial charge in [-0.3, -0.25) is 0 Å². The first-order valence-electron chi connectivity index (χ1n) is 9.19. The summed E-state index contributed by atoms with van der Waals surface area (Å²) in [6.07, 6.45) is 9.54. The fourth-order valence-electron chi connectivity index (χ4n) is 3.67. The van der Waals surface area contributed by atoms with Gasteiger partial charge in [0.25, 0.3) is 0 Å². The lowest BCUT2D eigenvalue weighted by Crippen LogP contribution is -1.82. The van der Waals surface area contributed by atoms with Crippen molar-refractivity contribution in [3.63, 3.8) is 0 Å². The van der Waals surface area contributed by atoms with Gasteiger partial charge in [-0.25, -0.2) is 0 Å². The Balaban J connectivity index is 1.48. The van der Waals surface area contributed by atoms with Crippen LogP contribution >= 0.6 is 72.6 Å². The quantitative estimate of drug-likeness (QED) is 0.195. The lowest BCUT2D eigenvalue weighted by molar-refractivity contribution is 0.609. The van der Waals surface area contributed by atoms with Crippen LogP contribution in [0.5, 0.6) is 0 Å². The highest BCUT2D eigenvalue weighted by atomic mass is 79.9. The summed E-state index contributed by atoms with van der Waals surface area (Å²) < 4.78 is 7.27. The van der Waals surface area contributed by atoms with Gasteiger partial charge in [0.15, 0.2) is 0 Å². The molecular weight excluding hydrogens is 480 g/mol. The zero-order chi connectivity index (χ0) is 17.7. The topological polar surface area (TPSA) is 0 Å². The Morgan fingerprint density at radius 2 is 1.50 bits per heavy atom. The maximum absolute atomic E-state index is 3.78. The van der Waals surface area contributed by atoms with Gasteiger partial charge in [0.05, 0.1) is 16.1 Å². The molecule has 5 heterocycles. The molecule has 0 aromatic carbocycles. The van der Waals surface area contributed by atoms with E-state index < -0.39 is 0 Å². The second kappa shape index (κ2) is 7.45. The smallest absolute Gasteiger partial charge is 0.0908 e. The van der Waals surface area contributed by atoms with Gasteiger partial charge in [0, 0.05) is 36.3 Å². The Morgan fingerprint density at radius 1 is 0.769 bits per heavy atom. The van der Waals surface area contributed by atoms with Crippen LogP contribution < -0.4 is 0 Å². The largest absolute Gasteiger partial charge is 0.132 e. The van der Waals surface area contributed by atoms with E-state index in [0.717, 1.165) is 0 Å². The van der Waals surface area contributed by atoms with Gasteiger partial charge in [-0.15, -0.1) is 56.7 Å². The molecule has 0 saturated carbocycles. The Hall–Kier alpha value is 0.0200. The van der Waals surface area contributed by atoms with Crippen LogP contribution in [0.1, 0.15) is 50.3 Å². The van der Waals surface area contributed by atoms with Crippen molar-refractivity contribution in [3.8, 4) is 0 Å². The number of halogens is 1. The Bertz CT molecular complexity index is 1200. The lowest BCUT2D eigenvalue weighted by Gasteiger charge is -1.99. The second-order valence-electron chi connectivity index (χ2n) is 6.81. The summed E-state index contributed by atoms with van der Waals surface area (Å²) in [7, 11) is 0. The van der Waals surface area contributed by atoms with E-state index in [2.05, 4.69) is 34.3 Å². The highest BCUT2D eigenvalue weighted by molar-refractivity contribution is 9.10. The van der Waals surface area contributed by atoms with E-state index in [-0.39, 0.29) is 0 Å². The first-order chi connectivity index (χ1) is 12.8. The average molecular weight is 500 g/mol. The van der Waals surface area contributed by atoms with Crippen LogP contribution in [0.15, 0.2) is 15.9 Å². The molecule has 5 rings (SSSR count). The van der Waals surface area contributed by atoms with Crippen molar-refractivity contribution in [1.29, 1.82) is 0 Å². The third-order valence-electron chi connectivity index (χ3n) is 4.97. The van der Waals surface area contributed by atoms with E-state index in [1.807, 2.05) is 56.7 Å². The number of aryl methyl sites for hydroxylation is 1. The molecule has 0 aliphatic heterocycles. The molecule has 0 nitrogen and oxygen atoms in total. The van der Waals surface area contributed by atoms with Gasteiger partial charge in [-0.1, -0.05) is 39.0 Å². The fraction of sp³-hybridized carbons (Fsp3) is 0.400. The van der Waals surface area contributed by atoms with Crippen LogP contribution in [0.2, 0.25) is 0 Å². The molecule has 0 N–H and O–H groups in total. The number of unbranched alkanes of at least 4 members (excludes halogenated alkanes) is 5. The standard InChI is InChI=1S/C20H19BrS5/c1-2-3-4-5-6-7-8-11-9-12-14-16-15-13(21)10-22-18(15)25-20(16)26-19(14)24-17(12)23-11/h9-10H,2-8H2,1H3. The Labute approximate surface area is 181 Å². The third kappa shape index (κ3) is 3.01. The normalized spacial score (nSPS) is 12.5. The Kier molecular flexibility index (Phi) is 5.18. The van der Waals surface area contributed by atoms with Crippen molar-refractivity contribution in [2.24, 2.45) is 0 Å². The zero-order valence-corrected chi connectivity index (χ0v) is 20.2. The van der Waals surface area contributed by atoms with E-state index in [1.165, 1.54) is 87.0 Å². The van der Waals surface area contributed by atoms with E-state index in [1.54, 1.807) is 4.88 Å². The van der Waals surface area contributed by atoms with Gasteiger partial charge in [0.1, 0.15) is 0 Å². The van der Waals surface area contributed by atoms with Crippen LogP contribution in [0.25, 0.3) is 37.6 Å². The third-order valence-corrected chi connectivity index (χ3v) is 12.1. The summed E-state index contributed by atoms with van der Waals surface area (Å²) in [6, 6.07) is 2.50. The Morgan fingerprint density at radius 3 is 2.38 bits per heavy atom. The first-order valence-corrected chi connectivity index (χ1v) is 14.1. The van der Waals surface area contributed by atoms with E-state index in [9.17, 15) is 0 Å². The summed E-state index contributed by atoms with van der Waals surface area (Å²) in [5, 5.41) is 8.24. The highest BCUT2D eigenvalue weighted by Crippen LogP contribution is 2.54. The molecule has 0 fully saturated rings. The lowest BCUT2D eigenvalue weighted by atomic mass is 10.1. The van der Waals surface area contributed by atoms with Gasteiger partial charge >= 0.3 is 0 Å². The molecule has 6 heteroatoms. The minimum atomic E-state index is 1.26. The van der Waals surface area contributed by atoms with Gasteiger partial charge in [-0.2, -0.15) is 0 Å². The molecule has 0 amide bonds. The number of thiophene rings is 5. The van der Waals surface area contributed by atoms with E-state index in [0.29, 0.717) is 0 Å². The molecule has 5 aromatic heterocycles. The fourth-order valence-corrected chi connectivity index (χ4v) is 11.7. The number of rotatable bonds is 7. The molecule has 0 radical (unpaired) electrons. The molecule has 136 valence electrons. The molecule has 0 aliphatic carbocycles. The molecule has 26 heavy (non-hydrogen) atoms. The minimum absolute atomic E-state index is 1.26. The number of fused-ring (bicyclic) bond motifs is 7. The van der Waals surface area contributed by atoms with Gasteiger partial charge < -0.3 is 0 Å². The average Bonchev–Trinajstić information content (AvgIpc) is 3.36. The molecule has 0 spiro atoms. The molecular formula is C20H19BrS5. The highest BCUT2D eigenvalue weighted by Gasteiger charge is 2.20. The van der Waals surface area contributed by atoms with Crippen molar-refractivity contribution in [3.05, 3.63) is 20.8 Å². The zero-order valence-electron chi connectivity index (χ0n) is 14.5. The first kappa shape index (κ1) is 18.1. The van der Waals surface area contributed by atoms with Gasteiger partial charge in [-0.05, 0) is 34.8 Å². The summed E-state index contributed by atoms with van der Waals surface area (Å²) in [6.45, 7) is 2.29. The SMILES string of the molecule is CCCCCCCCc1cc2c(s1)sc1sc3sc4scc(Br)c4c3c12. The van der Waals surface area contributed by atoms with Crippen LogP contribution in [-0.4, -0.2) is 0 Å². The predicted molar refractivity (Wildman–Crippen MR) is 131 cm³/mol. The molecule has 0 saturated heterocycles. The van der Waals surface area contributed by atoms with E-state index >= 15 is 0 Å².